The van der Waals surface area contributed by atoms with Gasteiger partial charge < -0.3 is 4.74 Å². The number of carbonyl (C=O) groups is 1. The zero-order valence-corrected chi connectivity index (χ0v) is 10.0. The fourth-order valence-electron chi connectivity index (χ4n) is 1.49. The van der Waals surface area contributed by atoms with Crippen molar-refractivity contribution in [3.63, 3.8) is 0 Å². The second kappa shape index (κ2) is 5.25. The minimum Gasteiger partial charge on any atom is -0.486 e. The molecule has 1 aromatic carbocycles. The van der Waals surface area contributed by atoms with Crippen LogP contribution in [0, 0.1) is 10.1 Å². The van der Waals surface area contributed by atoms with Gasteiger partial charge in [-0.2, -0.15) is 0 Å². The van der Waals surface area contributed by atoms with Gasteiger partial charge in [-0.25, -0.2) is 0 Å². The first-order chi connectivity index (χ1) is 9.10. The molecule has 2 rings (SSSR count). The van der Waals surface area contributed by atoms with Crippen LogP contribution in [0.25, 0.3) is 0 Å². The Kier molecular flexibility index (Phi) is 3.51. The van der Waals surface area contributed by atoms with E-state index in [4.69, 9.17) is 4.74 Å². The number of aromatic nitrogens is 3. The number of ether oxygens (including phenoxy) is 1. The van der Waals surface area contributed by atoms with E-state index in [2.05, 4.69) is 10.3 Å². The van der Waals surface area contributed by atoms with Gasteiger partial charge in [-0.3, -0.25) is 19.6 Å². The van der Waals surface area contributed by atoms with Crippen LogP contribution in [0.5, 0.6) is 5.75 Å². The van der Waals surface area contributed by atoms with Crippen molar-refractivity contribution in [1.82, 2.24) is 15.0 Å². The summed E-state index contributed by atoms with van der Waals surface area (Å²) in [5, 5.41) is 18.2. The maximum Gasteiger partial charge on any atom is 0.270 e. The number of benzene rings is 1. The van der Waals surface area contributed by atoms with E-state index >= 15 is 0 Å². The summed E-state index contributed by atoms with van der Waals surface area (Å²) in [6.07, 6.45) is 2.19. The van der Waals surface area contributed by atoms with E-state index in [0.29, 0.717) is 12.0 Å². The van der Waals surface area contributed by atoms with E-state index in [1.54, 1.807) is 13.2 Å². The minimum absolute atomic E-state index is 0.123. The van der Waals surface area contributed by atoms with E-state index in [1.807, 2.05) is 0 Å². The standard InChI is InChI=1S/C11H10N4O4/c1-14-5-9(12-13-14)7-19-11-3-2-10(15(17)18)4-8(11)6-16/h2-6H,7H2,1H3. The lowest BCUT2D eigenvalue weighted by molar-refractivity contribution is -0.384. The number of nitro groups is 1. The monoisotopic (exact) mass is 262 g/mol. The zero-order valence-electron chi connectivity index (χ0n) is 10.0. The topological polar surface area (TPSA) is 100 Å². The lowest BCUT2D eigenvalue weighted by Crippen LogP contribution is -1.99. The van der Waals surface area contributed by atoms with Crippen LogP contribution in [0.3, 0.4) is 0 Å². The maximum absolute atomic E-state index is 10.9. The molecule has 19 heavy (non-hydrogen) atoms. The zero-order chi connectivity index (χ0) is 13.8. The van der Waals surface area contributed by atoms with Gasteiger partial charge >= 0.3 is 0 Å². The van der Waals surface area contributed by atoms with Gasteiger partial charge in [0, 0.05) is 19.2 Å². The first-order valence-corrected chi connectivity index (χ1v) is 5.32. The molecular weight excluding hydrogens is 252 g/mol. The van der Waals surface area contributed by atoms with E-state index in [9.17, 15) is 14.9 Å². The van der Waals surface area contributed by atoms with Crippen molar-refractivity contribution in [2.45, 2.75) is 6.61 Å². The molecule has 0 radical (unpaired) electrons. The Morgan fingerprint density at radius 3 is 2.89 bits per heavy atom. The highest BCUT2D eigenvalue weighted by Gasteiger charge is 2.11. The summed E-state index contributed by atoms with van der Waals surface area (Å²) in [4.78, 5) is 20.9. The van der Waals surface area contributed by atoms with Crippen LogP contribution in [0.15, 0.2) is 24.4 Å². The Hall–Kier alpha value is -2.77. The van der Waals surface area contributed by atoms with Crippen LogP contribution in [-0.2, 0) is 13.7 Å². The Morgan fingerprint density at radius 1 is 1.53 bits per heavy atom. The number of aldehydes is 1. The quantitative estimate of drug-likeness (QED) is 0.454. The first kappa shape index (κ1) is 12.7. The average molecular weight is 262 g/mol. The van der Waals surface area contributed by atoms with Gasteiger partial charge in [-0.15, -0.1) is 5.10 Å². The maximum atomic E-state index is 10.9. The van der Waals surface area contributed by atoms with Crippen molar-refractivity contribution in [1.29, 1.82) is 0 Å². The molecule has 0 aliphatic carbocycles. The number of non-ortho nitro benzene ring substituents is 1. The van der Waals surface area contributed by atoms with Crippen LogP contribution in [0.1, 0.15) is 16.1 Å². The molecule has 0 aliphatic rings. The van der Waals surface area contributed by atoms with Gasteiger partial charge in [0.05, 0.1) is 16.7 Å². The van der Waals surface area contributed by atoms with Crippen LogP contribution in [-0.4, -0.2) is 26.2 Å². The number of rotatable bonds is 5. The molecule has 0 fully saturated rings. The molecule has 2 aromatic rings. The van der Waals surface area contributed by atoms with E-state index in [0.717, 1.165) is 0 Å². The van der Waals surface area contributed by atoms with Gasteiger partial charge in [-0.05, 0) is 6.07 Å². The van der Waals surface area contributed by atoms with Crippen LogP contribution >= 0.6 is 0 Å². The van der Waals surface area contributed by atoms with Gasteiger partial charge in [0.25, 0.3) is 5.69 Å². The molecule has 0 bridgehead atoms. The van der Waals surface area contributed by atoms with E-state index in [1.165, 1.54) is 22.9 Å². The number of hydrogen-bond acceptors (Lipinski definition) is 6. The van der Waals surface area contributed by atoms with Crippen molar-refractivity contribution in [3.8, 4) is 5.75 Å². The molecule has 1 aromatic heterocycles. The van der Waals surface area contributed by atoms with E-state index < -0.39 is 4.92 Å². The minimum atomic E-state index is -0.570. The third kappa shape index (κ3) is 2.92. The Labute approximate surface area is 107 Å². The predicted octanol–water partition coefficient (Wildman–Crippen LogP) is 1.11. The molecule has 0 spiro atoms. The van der Waals surface area contributed by atoms with Crippen LogP contribution in [0.4, 0.5) is 5.69 Å². The normalized spacial score (nSPS) is 10.2. The van der Waals surface area contributed by atoms with Crippen molar-refractivity contribution in [2.75, 3.05) is 0 Å². The van der Waals surface area contributed by atoms with Gasteiger partial charge in [-0.1, -0.05) is 5.21 Å². The molecule has 8 nitrogen and oxygen atoms in total. The summed E-state index contributed by atoms with van der Waals surface area (Å²) >= 11 is 0. The fraction of sp³-hybridized carbons (Fsp3) is 0.182. The molecule has 0 saturated carbocycles. The van der Waals surface area contributed by atoms with Crippen molar-refractivity contribution in [2.24, 2.45) is 7.05 Å². The molecule has 8 heteroatoms. The van der Waals surface area contributed by atoms with Gasteiger partial charge in [0.2, 0.25) is 0 Å². The largest absolute Gasteiger partial charge is 0.486 e. The summed E-state index contributed by atoms with van der Waals surface area (Å²) < 4.78 is 6.92. The third-order valence-electron chi connectivity index (χ3n) is 2.36. The second-order valence-corrected chi connectivity index (χ2v) is 3.77. The average Bonchev–Trinajstić information content (AvgIpc) is 2.81. The predicted molar refractivity (Wildman–Crippen MR) is 63.8 cm³/mol. The smallest absolute Gasteiger partial charge is 0.270 e. The van der Waals surface area contributed by atoms with Crippen molar-refractivity contribution >= 4 is 12.0 Å². The number of nitrogens with zero attached hydrogens (tertiary/aromatic N) is 4. The Balaban J connectivity index is 2.15. The SMILES string of the molecule is Cn1cc(COc2ccc([N+](=O)[O-])cc2C=O)nn1. The number of carbonyl (C=O) groups excluding carboxylic acids is 1. The summed E-state index contributed by atoms with van der Waals surface area (Å²) in [6, 6.07) is 3.83. The molecule has 1 heterocycles. The summed E-state index contributed by atoms with van der Waals surface area (Å²) in [5.41, 5.74) is 0.560. The highest BCUT2D eigenvalue weighted by molar-refractivity contribution is 5.80. The molecule has 98 valence electrons. The summed E-state index contributed by atoms with van der Waals surface area (Å²) in [5.74, 6) is 0.270. The fourth-order valence-corrected chi connectivity index (χ4v) is 1.49. The number of aryl methyl sites for hydroxylation is 1. The van der Waals surface area contributed by atoms with Crippen molar-refractivity contribution in [3.05, 3.63) is 45.8 Å². The molecule has 0 atom stereocenters. The molecular formula is C11H10N4O4. The van der Waals surface area contributed by atoms with E-state index in [-0.39, 0.29) is 23.6 Å². The molecule has 0 aliphatic heterocycles. The molecule has 0 amide bonds. The summed E-state index contributed by atoms with van der Waals surface area (Å²) in [6.45, 7) is 0.131. The Bertz CT molecular complexity index is 623. The lowest BCUT2D eigenvalue weighted by Gasteiger charge is -2.06. The highest BCUT2D eigenvalue weighted by atomic mass is 16.6. The first-order valence-electron chi connectivity index (χ1n) is 5.32. The van der Waals surface area contributed by atoms with Crippen LogP contribution in [0.2, 0.25) is 0 Å². The highest BCUT2D eigenvalue weighted by Crippen LogP contribution is 2.23. The Morgan fingerprint density at radius 2 is 2.32 bits per heavy atom. The number of hydrogen-bond donors (Lipinski definition) is 0. The molecule has 0 saturated heterocycles. The second-order valence-electron chi connectivity index (χ2n) is 3.77. The molecule has 0 N–H and O–H groups in total. The van der Waals surface area contributed by atoms with Crippen LogP contribution < -0.4 is 4.74 Å². The van der Waals surface area contributed by atoms with Gasteiger partial charge in [0.1, 0.15) is 18.1 Å². The molecule has 0 unspecified atom stereocenters. The van der Waals surface area contributed by atoms with Gasteiger partial charge in [0.15, 0.2) is 6.29 Å². The lowest BCUT2D eigenvalue weighted by atomic mass is 10.2. The summed E-state index contributed by atoms with van der Waals surface area (Å²) in [7, 11) is 1.72. The van der Waals surface area contributed by atoms with Crippen molar-refractivity contribution < 1.29 is 14.5 Å². The number of nitro benzene ring substituents is 1. The third-order valence-corrected chi connectivity index (χ3v) is 2.36.